The van der Waals surface area contributed by atoms with Crippen molar-refractivity contribution >= 4 is 37.1 Å². The smallest absolute Gasteiger partial charge is 0.262 e. The van der Waals surface area contributed by atoms with Crippen molar-refractivity contribution in [2.45, 2.75) is 16.4 Å². The van der Waals surface area contributed by atoms with Crippen molar-refractivity contribution in [3.63, 3.8) is 0 Å². The highest BCUT2D eigenvalue weighted by Gasteiger charge is 2.18. The summed E-state index contributed by atoms with van der Waals surface area (Å²) in [6, 6.07) is 11.2. The van der Waals surface area contributed by atoms with Crippen LogP contribution in [0.5, 0.6) is 5.75 Å². The van der Waals surface area contributed by atoms with Gasteiger partial charge >= 0.3 is 0 Å². The van der Waals surface area contributed by atoms with E-state index >= 15 is 0 Å². The zero-order valence-corrected chi connectivity index (χ0v) is 16.2. The molecule has 0 atom stereocenters. The van der Waals surface area contributed by atoms with Crippen molar-refractivity contribution in [2.24, 2.45) is 5.14 Å². The fraction of sp³-hybridized carbons (Fsp3) is 0.0625. The molecule has 0 radical (unpaired) electrons. The highest BCUT2D eigenvalue weighted by molar-refractivity contribution is 7.92. The predicted molar refractivity (Wildman–Crippen MR) is 102 cm³/mol. The molecular weight excluding hydrogens is 410 g/mol. The van der Waals surface area contributed by atoms with Gasteiger partial charge in [0.25, 0.3) is 10.0 Å². The molecule has 0 amide bonds. The van der Waals surface area contributed by atoms with E-state index in [1.54, 1.807) is 29.8 Å². The molecule has 2 aromatic carbocycles. The molecule has 0 spiro atoms. The van der Waals surface area contributed by atoms with Gasteiger partial charge in [-0.3, -0.25) is 4.72 Å². The van der Waals surface area contributed by atoms with E-state index in [-0.39, 0.29) is 22.1 Å². The summed E-state index contributed by atoms with van der Waals surface area (Å²) in [5, 5.41) is 6.85. The standard InChI is InChI=1S/C16H15N3O5S3/c17-26(20,21)13-5-7-14(8-6-13)27(22,23)19-15-3-1-2-4-16(15)24-9-12-10-25-11-18-12/h1-8,10-11,19H,9H2,(H2,17,20,21). The number of nitrogens with zero attached hydrogens (tertiary/aromatic N) is 1. The van der Waals surface area contributed by atoms with Crippen LogP contribution in [0.2, 0.25) is 0 Å². The Morgan fingerprint density at radius 1 is 1.00 bits per heavy atom. The minimum Gasteiger partial charge on any atom is -0.485 e. The second-order valence-corrected chi connectivity index (χ2v) is 9.35. The number of sulfonamides is 2. The first-order valence-corrected chi connectivity index (χ1v) is 11.5. The molecular formula is C16H15N3O5S3. The van der Waals surface area contributed by atoms with E-state index in [0.717, 1.165) is 17.8 Å². The Balaban J connectivity index is 1.81. The third-order valence-electron chi connectivity index (χ3n) is 3.45. The van der Waals surface area contributed by atoms with Crippen LogP contribution >= 0.6 is 11.3 Å². The maximum Gasteiger partial charge on any atom is 0.262 e. The molecule has 1 heterocycles. The topological polar surface area (TPSA) is 128 Å². The number of nitrogens with two attached hydrogens (primary N) is 1. The van der Waals surface area contributed by atoms with Gasteiger partial charge in [-0.2, -0.15) is 0 Å². The summed E-state index contributed by atoms with van der Waals surface area (Å²) in [6.07, 6.45) is 0. The first-order valence-electron chi connectivity index (χ1n) is 7.50. The number of primary sulfonamides is 1. The van der Waals surface area contributed by atoms with Crippen LogP contribution in [0, 0.1) is 0 Å². The van der Waals surface area contributed by atoms with Gasteiger partial charge in [0, 0.05) is 5.38 Å². The third kappa shape index (κ3) is 4.83. The number of para-hydroxylation sites is 2. The van der Waals surface area contributed by atoms with Gasteiger partial charge in [0.15, 0.2) is 0 Å². The molecule has 27 heavy (non-hydrogen) atoms. The van der Waals surface area contributed by atoms with Gasteiger partial charge in [0.2, 0.25) is 10.0 Å². The molecule has 0 saturated heterocycles. The van der Waals surface area contributed by atoms with E-state index in [4.69, 9.17) is 9.88 Å². The maximum atomic E-state index is 12.6. The lowest BCUT2D eigenvalue weighted by Gasteiger charge is -2.13. The minimum absolute atomic E-state index is 0.107. The molecule has 0 aliphatic carbocycles. The number of thiazole rings is 1. The molecule has 3 N–H and O–H groups in total. The van der Waals surface area contributed by atoms with Crippen molar-refractivity contribution in [1.82, 2.24) is 4.98 Å². The molecule has 0 saturated carbocycles. The molecule has 0 fully saturated rings. The summed E-state index contributed by atoms with van der Waals surface area (Å²) >= 11 is 1.43. The van der Waals surface area contributed by atoms with Crippen LogP contribution in [-0.4, -0.2) is 21.8 Å². The molecule has 142 valence electrons. The second kappa shape index (κ2) is 7.64. The van der Waals surface area contributed by atoms with Gasteiger partial charge in [0.1, 0.15) is 12.4 Å². The van der Waals surface area contributed by atoms with Crippen molar-refractivity contribution in [1.29, 1.82) is 0 Å². The number of rotatable bonds is 7. The fourth-order valence-corrected chi connectivity index (χ4v) is 4.28. The Bertz CT molecular complexity index is 1130. The van der Waals surface area contributed by atoms with Gasteiger partial charge in [-0.05, 0) is 36.4 Å². The Morgan fingerprint density at radius 3 is 2.30 bits per heavy atom. The molecule has 0 aliphatic heterocycles. The monoisotopic (exact) mass is 425 g/mol. The summed E-state index contributed by atoms with van der Waals surface area (Å²) in [6.45, 7) is 0.200. The van der Waals surface area contributed by atoms with Gasteiger partial charge < -0.3 is 4.74 Å². The molecule has 3 rings (SSSR count). The largest absolute Gasteiger partial charge is 0.485 e. The van der Waals surface area contributed by atoms with Crippen LogP contribution in [0.25, 0.3) is 0 Å². The molecule has 11 heteroatoms. The van der Waals surface area contributed by atoms with Crippen molar-refractivity contribution < 1.29 is 21.6 Å². The summed E-state index contributed by atoms with van der Waals surface area (Å²) < 4.78 is 55.8. The first kappa shape index (κ1) is 19.3. The van der Waals surface area contributed by atoms with Crippen LogP contribution in [-0.2, 0) is 26.7 Å². The SMILES string of the molecule is NS(=O)(=O)c1ccc(S(=O)(=O)Nc2ccccc2OCc2cscn2)cc1. The Morgan fingerprint density at radius 2 is 1.67 bits per heavy atom. The van der Waals surface area contributed by atoms with E-state index in [1.165, 1.54) is 23.5 Å². The van der Waals surface area contributed by atoms with Crippen molar-refractivity contribution in [3.8, 4) is 5.75 Å². The van der Waals surface area contributed by atoms with E-state index in [1.807, 2.05) is 5.38 Å². The number of benzene rings is 2. The van der Waals surface area contributed by atoms with E-state index in [2.05, 4.69) is 9.71 Å². The molecule has 0 bridgehead atoms. The Hall–Kier alpha value is -2.47. The van der Waals surface area contributed by atoms with Crippen LogP contribution < -0.4 is 14.6 Å². The summed E-state index contributed by atoms with van der Waals surface area (Å²) in [5.74, 6) is 0.343. The summed E-state index contributed by atoms with van der Waals surface area (Å²) in [4.78, 5) is 3.83. The number of aromatic nitrogens is 1. The Labute approximate surface area is 160 Å². The number of hydrogen-bond acceptors (Lipinski definition) is 7. The normalized spacial score (nSPS) is 11.9. The summed E-state index contributed by atoms with van der Waals surface area (Å²) in [7, 11) is -7.85. The third-order valence-corrected chi connectivity index (χ3v) is 6.40. The maximum absolute atomic E-state index is 12.6. The number of hydrogen-bond donors (Lipinski definition) is 2. The molecule has 3 aromatic rings. The minimum atomic E-state index is -3.95. The molecule has 8 nitrogen and oxygen atoms in total. The van der Waals surface area contributed by atoms with Crippen LogP contribution in [0.3, 0.4) is 0 Å². The van der Waals surface area contributed by atoms with Gasteiger partial charge in [0.05, 0.1) is 26.7 Å². The lowest BCUT2D eigenvalue weighted by atomic mass is 10.3. The lowest BCUT2D eigenvalue weighted by molar-refractivity contribution is 0.304. The van der Waals surface area contributed by atoms with E-state index in [0.29, 0.717) is 5.75 Å². The zero-order chi connectivity index (χ0) is 19.5. The summed E-state index contributed by atoms with van der Waals surface area (Å²) in [5.41, 5.74) is 2.66. The number of anilines is 1. The molecule has 0 aliphatic rings. The zero-order valence-electron chi connectivity index (χ0n) is 13.8. The second-order valence-electron chi connectivity index (χ2n) is 5.39. The average molecular weight is 426 g/mol. The lowest BCUT2D eigenvalue weighted by Crippen LogP contribution is -2.15. The molecule has 1 aromatic heterocycles. The van der Waals surface area contributed by atoms with Gasteiger partial charge in [-0.15, -0.1) is 11.3 Å². The number of ether oxygens (including phenoxy) is 1. The molecule has 0 unspecified atom stereocenters. The predicted octanol–water partition coefficient (Wildman–Crippen LogP) is 2.17. The quantitative estimate of drug-likeness (QED) is 0.597. The van der Waals surface area contributed by atoms with Crippen LogP contribution in [0.4, 0.5) is 5.69 Å². The van der Waals surface area contributed by atoms with Crippen molar-refractivity contribution in [2.75, 3.05) is 4.72 Å². The van der Waals surface area contributed by atoms with Crippen LogP contribution in [0.1, 0.15) is 5.69 Å². The van der Waals surface area contributed by atoms with E-state index < -0.39 is 20.0 Å². The van der Waals surface area contributed by atoms with E-state index in [9.17, 15) is 16.8 Å². The van der Waals surface area contributed by atoms with Gasteiger partial charge in [-0.1, -0.05) is 12.1 Å². The van der Waals surface area contributed by atoms with Crippen LogP contribution in [0.15, 0.2) is 69.2 Å². The average Bonchev–Trinajstić information content (AvgIpc) is 3.14. The highest BCUT2D eigenvalue weighted by atomic mass is 32.2. The van der Waals surface area contributed by atoms with Gasteiger partial charge in [-0.25, -0.2) is 27.0 Å². The number of nitrogens with one attached hydrogen (secondary N) is 1. The van der Waals surface area contributed by atoms with Crippen molar-refractivity contribution in [3.05, 3.63) is 65.1 Å². The first-order chi connectivity index (χ1) is 12.8. The fourth-order valence-electron chi connectivity index (χ4n) is 2.15. The highest BCUT2D eigenvalue weighted by Crippen LogP contribution is 2.27. The Kier molecular flexibility index (Phi) is 5.46.